The molecule has 4 rings (SSSR count). The first kappa shape index (κ1) is 18.7. The van der Waals surface area contributed by atoms with Crippen LogP contribution >= 0.6 is 23.4 Å². The van der Waals surface area contributed by atoms with Crippen molar-refractivity contribution in [3.05, 3.63) is 46.0 Å². The van der Waals surface area contributed by atoms with Gasteiger partial charge in [-0.25, -0.2) is 16.0 Å². The highest BCUT2D eigenvalue weighted by atomic mass is 35.5. The Balaban J connectivity index is 1.76. The van der Waals surface area contributed by atoms with Gasteiger partial charge in [-0.1, -0.05) is 29.8 Å². The molecule has 0 amide bonds. The van der Waals surface area contributed by atoms with E-state index in [4.69, 9.17) is 27.2 Å². The van der Waals surface area contributed by atoms with Crippen LogP contribution in [0.15, 0.2) is 34.4 Å². The van der Waals surface area contributed by atoms with Crippen molar-refractivity contribution < 1.29 is 4.74 Å². The van der Waals surface area contributed by atoms with Gasteiger partial charge in [0.15, 0.2) is 5.84 Å². The first-order chi connectivity index (χ1) is 13.0. The summed E-state index contributed by atoms with van der Waals surface area (Å²) in [5, 5.41) is 9.71. The van der Waals surface area contributed by atoms with Crippen LogP contribution in [0.3, 0.4) is 0 Å². The average Bonchev–Trinajstić information content (AvgIpc) is 2.61. The zero-order chi connectivity index (χ0) is 19.0. The van der Waals surface area contributed by atoms with Crippen LogP contribution in [0, 0.1) is 0 Å². The Labute approximate surface area is 168 Å². The smallest absolute Gasteiger partial charge is 0.183 e. The lowest BCUT2D eigenvalue weighted by atomic mass is 9.94. The average molecular weight is 404 g/mol. The van der Waals surface area contributed by atoms with Crippen molar-refractivity contribution in [2.24, 2.45) is 15.9 Å². The van der Waals surface area contributed by atoms with Gasteiger partial charge >= 0.3 is 0 Å². The molecule has 2 heterocycles. The second-order valence-corrected chi connectivity index (χ2v) is 8.48. The van der Waals surface area contributed by atoms with E-state index in [0.717, 1.165) is 39.4 Å². The first-order valence-corrected chi connectivity index (χ1v) is 10.2. The molecule has 6 nitrogen and oxygen atoms in total. The summed E-state index contributed by atoms with van der Waals surface area (Å²) >= 11 is 8.36. The third kappa shape index (κ3) is 3.83. The number of benzene rings is 2. The Kier molecular flexibility index (Phi) is 5.39. The summed E-state index contributed by atoms with van der Waals surface area (Å²) in [7, 11) is 4.12. The molecule has 142 valence electrons. The minimum Gasteiger partial charge on any atom is -0.372 e. The topological polar surface area (TPSA) is 66.5 Å². The van der Waals surface area contributed by atoms with E-state index in [1.54, 1.807) is 11.8 Å². The lowest BCUT2D eigenvalue weighted by Crippen LogP contribution is -2.35. The number of aliphatic imine (C=N–C) groups is 1. The van der Waals surface area contributed by atoms with Crippen LogP contribution in [-0.4, -0.2) is 53.8 Å². The summed E-state index contributed by atoms with van der Waals surface area (Å²) in [5.74, 6) is 7.57. The SMILES string of the molecule is CN(C)CCSC1=NC(c2c(Cl)cc3c4c(cccc24)COC3)=NN(N)C1. The van der Waals surface area contributed by atoms with Gasteiger partial charge in [0.05, 0.1) is 23.3 Å². The van der Waals surface area contributed by atoms with Gasteiger partial charge in [0.25, 0.3) is 0 Å². The van der Waals surface area contributed by atoms with E-state index >= 15 is 0 Å². The van der Waals surface area contributed by atoms with Gasteiger partial charge in [0, 0.05) is 17.9 Å². The van der Waals surface area contributed by atoms with Gasteiger partial charge in [-0.2, -0.15) is 0 Å². The van der Waals surface area contributed by atoms with Crippen molar-refractivity contribution in [3.63, 3.8) is 0 Å². The highest BCUT2D eigenvalue weighted by molar-refractivity contribution is 8.14. The number of amidine groups is 1. The first-order valence-electron chi connectivity index (χ1n) is 8.80. The van der Waals surface area contributed by atoms with Crippen LogP contribution < -0.4 is 5.84 Å². The fraction of sp³-hybridized carbons (Fsp3) is 0.368. The second-order valence-electron chi connectivity index (χ2n) is 6.90. The normalized spacial score (nSPS) is 16.7. The highest BCUT2D eigenvalue weighted by Crippen LogP contribution is 2.36. The molecule has 0 aliphatic carbocycles. The third-order valence-corrected chi connectivity index (χ3v) is 5.82. The molecule has 0 saturated carbocycles. The van der Waals surface area contributed by atoms with E-state index in [0.29, 0.717) is 30.6 Å². The fourth-order valence-electron chi connectivity index (χ4n) is 3.35. The van der Waals surface area contributed by atoms with Gasteiger partial charge in [-0.05, 0) is 42.1 Å². The Morgan fingerprint density at radius 2 is 2.11 bits per heavy atom. The molecule has 2 aliphatic heterocycles. The summed E-state index contributed by atoms with van der Waals surface area (Å²) in [5.41, 5.74) is 3.10. The second kappa shape index (κ2) is 7.77. The standard InChI is InChI=1S/C19H22ClN5OS/c1-24(2)6-7-27-16-9-25(21)23-19(22-16)18-14-5-3-4-12-10-26-11-13(17(12)14)8-15(18)20/h3-5,8H,6-7,9-11,21H2,1-2H3. The number of hydrogen-bond donors (Lipinski definition) is 1. The minimum absolute atomic E-state index is 0.508. The summed E-state index contributed by atoms with van der Waals surface area (Å²) in [6.45, 7) is 2.66. The summed E-state index contributed by atoms with van der Waals surface area (Å²) in [6.07, 6.45) is 0. The van der Waals surface area contributed by atoms with Gasteiger partial charge in [0.2, 0.25) is 0 Å². The zero-order valence-electron chi connectivity index (χ0n) is 15.4. The van der Waals surface area contributed by atoms with E-state index in [9.17, 15) is 0 Å². The van der Waals surface area contributed by atoms with Crippen molar-refractivity contribution in [1.82, 2.24) is 10.0 Å². The molecule has 0 bridgehead atoms. The molecule has 0 atom stereocenters. The summed E-state index contributed by atoms with van der Waals surface area (Å²) in [6, 6.07) is 8.15. The maximum Gasteiger partial charge on any atom is 0.183 e. The molecule has 0 aromatic heterocycles. The molecule has 0 saturated heterocycles. The molecule has 2 aromatic carbocycles. The molecule has 8 heteroatoms. The van der Waals surface area contributed by atoms with Gasteiger partial charge in [-0.3, -0.25) is 0 Å². The van der Waals surface area contributed by atoms with E-state index in [1.165, 1.54) is 10.5 Å². The van der Waals surface area contributed by atoms with E-state index < -0.39 is 0 Å². The number of rotatable bonds is 4. The number of ether oxygens (including phenoxy) is 1. The van der Waals surface area contributed by atoms with Crippen LogP contribution in [-0.2, 0) is 18.0 Å². The molecule has 0 spiro atoms. The maximum absolute atomic E-state index is 6.66. The van der Waals surface area contributed by atoms with Crippen molar-refractivity contribution >= 4 is 45.0 Å². The molecule has 0 radical (unpaired) electrons. The van der Waals surface area contributed by atoms with Crippen LogP contribution in [0.4, 0.5) is 0 Å². The minimum atomic E-state index is 0.508. The van der Waals surface area contributed by atoms with Crippen molar-refractivity contribution in [2.75, 3.05) is 32.9 Å². The molecule has 2 aromatic rings. The molecule has 2 N–H and O–H groups in total. The summed E-state index contributed by atoms with van der Waals surface area (Å²) in [4.78, 5) is 6.94. The van der Waals surface area contributed by atoms with Crippen LogP contribution in [0.25, 0.3) is 10.8 Å². The highest BCUT2D eigenvalue weighted by Gasteiger charge is 2.23. The predicted molar refractivity (Wildman–Crippen MR) is 113 cm³/mol. The molecular formula is C19H22ClN5OS. The third-order valence-electron chi connectivity index (χ3n) is 4.58. The Morgan fingerprint density at radius 3 is 2.93 bits per heavy atom. The van der Waals surface area contributed by atoms with Crippen LogP contribution in [0.1, 0.15) is 16.7 Å². The molecule has 2 aliphatic rings. The zero-order valence-corrected chi connectivity index (χ0v) is 17.0. The van der Waals surface area contributed by atoms with Gasteiger partial charge in [-0.15, -0.1) is 16.9 Å². The van der Waals surface area contributed by atoms with Crippen LogP contribution in [0.2, 0.25) is 5.02 Å². The number of hydrazine groups is 1. The number of nitrogens with two attached hydrogens (primary N) is 1. The van der Waals surface area contributed by atoms with Crippen molar-refractivity contribution in [1.29, 1.82) is 0 Å². The van der Waals surface area contributed by atoms with E-state index in [1.807, 2.05) is 12.1 Å². The fourth-order valence-corrected chi connectivity index (χ4v) is 4.73. The number of hydrogen-bond acceptors (Lipinski definition) is 7. The maximum atomic E-state index is 6.66. The van der Waals surface area contributed by atoms with Gasteiger partial charge in [0.1, 0.15) is 6.54 Å². The molecule has 0 unspecified atom stereocenters. The molecule has 0 fully saturated rings. The summed E-state index contributed by atoms with van der Waals surface area (Å²) < 4.78 is 5.67. The van der Waals surface area contributed by atoms with E-state index in [2.05, 4.69) is 36.2 Å². The van der Waals surface area contributed by atoms with Crippen LogP contribution in [0.5, 0.6) is 0 Å². The predicted octanol–water partition coefficient (Wildman–Crippen LogP) is 3.07. The number of thioether (sulfide) groups is 1. The quantitative estimate of drug-likeness (QED) is 0.794. The van der Waals surface area contributed by atoms with Gasteiger partial charge < -0.3 is 9.64 Å². The Hall–Kier alpha value is -1.64. The lowest BCUT2D eigenvalue weighted by molar-refractivity contribution is 0.103. The lowest BCUT2D eigenvalue weighted by Gasteiger charge is -2.24. The Bertz CT molecular complexity index is 943. The van der Waals surface area contributed by atoms with E-state index in [-0.39, 0.29) is 0 Å². The number of nitrogens with zero attached hydrogens (tertiary/aromatic N) is 4. The largest absolute Gasteiger partial charge is 0.372 e. The Morgan fingerprint density at radius 1 is 1.30 bits per heavy atom. The number of halogens is 1. The van der Waals surface area contributed by atoms with Crippen molar-refractivity contribution in [3.8, 4) is 0 Å². The monoisotopic (exact) mass is 403 g/mol. The molecular weight excluding hydrogens is 382 g/mol. The van der Waals surface area contributed by atoms with Crippen molar-refractivity contribution in [2.45, 2.75) is 13.2 Å². The number of hydrazone groups is 1. The molecule has 27 heavy (non-hydrogen) atoms.